The number of carbonyl (C=O) groups is 3. The highest BCUT2D eigenvalue weighted by atomic mass is 16.2. The molecule has 0 aliphatic carbocycles. The Bertz CT molecular complexity index is 412. The molecule has 8 nitrogen and oxygen atoms in total. The van der Waals surface area contributed by atoms with E-state index in [2.05, 4.69) is 26.2 Å². The molecule has 4 N–H and O–H groups in total. The fourth-order valence-electron chi connectivity index (χ4n) is 2.83. The minimum atomic E-state index is 0.0319. The van der Waals surface area contributed by atoms with E-state index in [1.807, 2.05) is 0 Å². The number of hydrogen-bond acceptors (Lipinski definition) is 5. The quantitative estimate of drug-likeness (QED) is 0.253. The zero-order valence-corrected chi connectivity index (χ0v) is 18.1. The van der Waals surface area contributed by atoms with Crippen molar-refractivity contribution < 1.29 is 14.4 Å². The summed E-state index contributed by atoms with van der Waals surface area (Å²) < 4.78 is 0. The lowest BCUT2D eigenvalue weighted by molar-refractivity contribution is -0.122. The van der Waals surface area contributed by atoms with E-state index in [1.165, 1.54) is 0 Å². The van der Waals surface area contributed by atoms with Gasteiger partial charge in [0.1, 0.15) is 0 Å². The van der Waals surface area contributed by atoms with E-state index in [0.29, 0.717) is 32.4 Å². The third-order valence-electron chi connectivity index (χ3n) is 4.73. The number of nitrogens with one attached hydrogen (secondary N) is 4. The van der Waals surface area contributed by atoms with Crippen LogP contribution >= 0.6 is 0 Å². The lowest BCUT2D eigenvalue weighted by atomic mass is 10.2. The minimum Gasteiger partial charge on any atom is -0.359 e. The van der Waals surface area contributed by atoms with E-state index in [9.17, 15) is 14.4 Å². The van der Waals surface area contributed by atoms with E-state index < -0.39 is 0 Å². The Hall–Kier alpha value is -1.67. The number of carbonyl (C=O) groups excluding carboxylic acids is 3. The average Bonchev–Trinajstić information content (AvgIpc) is 2.72. The molecule has 0 saturated carbocycles. The van der Waals surface area contributed by atoms with Crippen LogP contribution in [0.15, 0.2) is 0 Å². The van der Waals surface area contributed by atoms with Crippen molar-refractivity contribution in [1.82, 2.24) is 26.2 Å². The summed E-state index contributed by atoms with van der Waals surface area (Å²) in [7, 11) is 4.96. The van der Waals surface area contributed by atoms with Gasteiger partial charge in [-0.1, -0.05) is 12.8 Å². The Labute approximate surface area is 170 Å². The molecule has 3 amide bonds. The van der Waals surface area contributed by atoms with Gasteiger partial charge in [-0.25, -0.2) is 0 Å². The van der Waals surface area contributed by atoms with Crippen LogP contribution in [0.2, 0.25) is 0 Å². The van der Waals surface area contributed by atoms with Crippen molar-refractivity contribution in [2.24, 2.45) is 0 Å². The number of amides is 3. The molecule has 0 rings (SSSR count). The molecule has 28 heavy (non-hydrogen) atoms. The Balaban J connectivity index is 3.72. The standard InChI is InChI=1S/C20H41N5O3/c1-21-18(26)10-6-4-7-13-24-14-8-5-9-15-25(16-11-19(27)22-2)17-12-20(28)23-3/h24H,4-17H2,1-3H3,(H,21,26)(H,22,27)(H,23,28). The molecule has 0 aromatic carbocycles. The van der Waals surface area contributed by atoms with E-state index in [1.54, 1.807) is 21.1 Å². The predicted molar refractivity (Wildman–Crippen MR) is 113 cm³/mol. The lowest BCUT2D eigenvalue weighted by Gasteiger charge is -2.21. The van der Waals surface area contributed by atoms with Gasteiger partial charge in [0.05, 0.1) is 0 Å². The molecule has 164 valence electrons. The van der Waals surface area contributed by atoms with Crippen molar-refractivity contribution in [3.8, 4) is 0 Å². The van der Waals surface area contributed by atoms with Crippen LogP contribution in [0.4, 0.5) is 0 Å². The summed E-state index contributed by atoms with van der Waals surface area (Å²) >= 11 is 0. The number of rotatable bonds is 18. The average molecular weight is 400 g/mol. The number of unbranched alkanes of at least 4 members (excludes halogenated alkanes) is 4. The summed E-state index contributed by atoms with van der Waals surface area (Å²) in [6.07, 6.45) is 7.98. The SMILES string of the molecule is CNC(=O)CCCCCNCCCCCN(CCC(=O)NC)CCC(=O)NC. The van der Waals surface area contributed by atoms with Gasteiger partial charge in [0.25, 0.3) is 0 Å². The summed E-state index contributed by atoms with van der Waals surface area (Å²) in [6, 6.07) is 0. The Kier molecular flexibility index (Phi) is 17.6. The third kappa shape index (κ3) is 16.5. The maximum absolute atomic E-state index is 11.5. The first-order chi connectivity index (χ1) is 13.5. The van der Waals surface area contributed by atoms with Crippen molar-refractivity contribution >= 4 is 17.7 Å². The molecule has 0 saturated heterocycles. The maximum atomic E-state index is 11.5. The highest BCUT2D eigenvalue weighted by Crippen LogP contribution is 2.02. The molecule has 0 bridgehead atoms. The van der Waals surface area contributed by atoms with Gasteiger partial charge in [-0.15, -0.1) is 0 Å². The van der Waals surface area contributed by atoms with Crippen LogP contribution in [0, 0.1) is 0 Å². The summed E-state index contributed by atoms with van der Waals surface area (Å²) in [5, 5.41) is 11.4. The zero-order valence-electron chi connectivity index (χ0n) is 18.1. The van der Waals surface area contributed by atoms with Gasteiger partial charge >= 0.3 is 0 Å². The van der Waals surface area contributed by atoms with Crippen molar-refractivity contribution in [2.75, 3.05) is 53.9 Å². The first kappa shape index (κ1) is 26.3. The highest BCUT2D eigenvalue weighted by molar-refractivity contribution is 5.76. The Morgan fingerprint density at radius 1 is 0.571 bits per heavy atom. The zero-order chi connectivity index (χ0) is 21.0. The summed E-state index contributed by atoms with van der Waals surface area (Å²) in [4.78, 5) is 36.2. The molecule has 0 unspecified atom stereocenters. The van der Waals surface area contributed by atoms with E-state index in [0.717, 1.165) is 58.2 Å². The molecule has 0 spiro atoms. The molecule has 0 aliphatic heterocycles. The van der Waals surface area contributed by atoms with Crippen molar-refractivity contribution in [3.05, 3.63) is 0 Å². The second kappa shape index (κ2) is 18.7. The topological polar surface area (TPSA) is 103 Å². The predicted octanol–water partition coefficient (Wildman–Crippen LogP) is 0.627. The second-order valence-corrected chi connectivity index (χ2v) is 6.98. The van der Waals surface area contributed by atoms with Crippen molar-refractivity contribution in [1.29, 1.82) is 0 Å². The van der Waals surface area contributed by atoms with Gasteiger partial charge in [-0.2, -0.15) is 0 Å². The Morgan fingerprint density at radius 2 is 1.04 bits per heavy atom. The number of nitrogens with zero attached hydrogens (tertiary/aromatic N) is 1. The van der Waals surface area contributed by atoms with Gasteiger partial charge in [-0.05, 0) is 45.3 Å². The summed E-state index contributed by atoms with van der Waals surface area (Å²) in [5.41, 5.74) is 0. The molecule has 0 aliphatic rings. The van der Waals surface area contributed by atoms with Crippen LogP contribution in [0.3, 0.4) is 0 Å². The first-order valence-corrected chi connectivity index (χ1v) is 10.6. The van der Waals surface area contributed by atoms with Crippen LogP contribution < -0.4 is 21.3 Å². The van der Waals surface area contributed by atoms with Gasteiger partial charge < -0.3 is 26.2 Å². The maximum Gasteiger partial charge on any atom is 0.221 e. The molecular weight excluding hydrogens is 358 g/mol. The molecule has 0 aromatic rings. The first-order valence-electron chi connectivity index (χ1n) is 10.6. The summed E-state index contributed by atoms with van der Waals surface area (Å²) in [6.45, 7) is 4.29. The fraction of sp³-hybridized carbons (Fsp3) is 0.850. The van der Waals surface area contributed by atoms with E-state index in [4.69, 9.17) is 0 Å². The van der Waals surface area contributed by atoms with Gasteiger partial charge in [0, 0.05) is 53.5 Å². The molecular formula is C20H41N5O3. The summed E-state index contributed by atoms with van der Waals surface area (Å²) in [5.74, 6) is 0.182. The molecule has 0 atom stereocenters. The van der Waals surface area contributed by atoms with Crippen LogP contribution in [0.25, 0.3) is 0 Å². The van der Waals surface area contributed by atoms with Crippen LogP contribution in [-0.2, 0) is 14.4 Å². The fourth-order valence-corrected chi connectivity index (χ4v) is 2.83. The van der Waals surface area contributed by atoms with Crippen LogP contribution in [-0.4, -0.2) is 76.5 Å². The van der Waals surface area contributed by atoms with Crippen molar-refractivity contribution in [3.63, 3.8) is 0 Å². The van der Waals surface area contributed by atoms with Gasteiger partial charge in [-0.3, -0.25) is 14.4 Å². The molecule has 0 heterocycles. The minimum absolute atomic E-state index is 0.0319. The number of hydrogen-bond donors (Lipinski definition) is 4. The lowest BCUT2D eigenvalue weighted by Crippen LogP contribution is -2.33. The van der Waals surface area contributed by atoms with Crippen LogP contribution in [0.1, 0.15) is 57.8 Å². The van der Waals surface area contributed by atoms with Gasteiger partial charge in [0.2, 0.25) is 17.7 Å². The highest BCUT2D eigenvalue weighted by Gasteiger charge is 2.09. The molecule has 0 fully saturated rings. The van der Waals surface area contributed by atoms with E-state index in [-0.39, 0.29) is 17.7 Å². The molecule has 0 radical (unpaired) electrons. The molecule has 8 heteroatoms. The van der Waals surface area contributed by atoms with Gasteiger partial charge in [0.15, 0.2) is 0 Å². The normalized spacial score (nSPS) is 10.7. The monoisotopic (exact) mass is 399 g/mol. The third-order valence-corrected chi connectivity index (χ3v) is 4.73. The Morgan fingerprint density at radius 3 is 1.54 bits per heavy atom. The molecule has 0 aromatic heterocycles. The smallest absolute Gasteiger partial charge is 0.221 e. The largest absolute Gasteiger partial charge is 0.359 e. The second-order valence-electron chi connectivity index (χ2n) is 6.98. The van der Waals surface area contributed by atoms with Crippen LogP contribution in [0.5, 0.6) is 0 Å². The van der Waals surface area contributed by atoms with E-state index >= 15 is 0 Å². The van der Waals surface area contributed by atoms with Crippen molar-refractivity contribution in [2.45, 2.75) is 57.8 Å².